The Morgan fingerprint density at radius 1 is 1.16 bits per heavy atom. The largest absolute Gasteiger partial charge is 0.368 e. The molecule has 0 bridgehead atoms. The highest BCUT2D eigenvalue weighted by Gasteiger charge is 2.21. The van der Waals surface area contributed by atoms with E-state index in [0.717, 1.165) is 5.70 Å². The molecular weight excluding hydrogens is 394 g/mol. The van der Waals surface area contributed by atoms with Gasteiger partial charge in [0, 0.05) is 50.3 Å². The first kappa shape index (κ1) is 22.0. The van der Waals surface area contributed by atoms with E-state index in [1.165, 1.54) is 0 Å². The number of hydrogen-bond donors (Lipinski definition) is 2. The highest BCUT2D eigenvalue weighted by atomic mass is 16.2. The molecule has 1 aromatic carbocycles. The van der Waals surface area contributed by atoms with Crippen LogP contribution in [0.25, 0.3) is 10.9 Å². The second kappa shape index (κ2) is 9.88. The zero-order valence-corrected chi connectivity index (χ0v) is 17.6. The van der Waals surface area contributed by atoms with E-state index in [0.29, 0.717) is 54.9 Å². The zero-order valence-electron chi connectivity index (χ0n) is 17.6. The predicted molar refractivity (Wildman–Crippen MR) is 120 cm³/mol. The Morgan fingerprint density at radius 2 is 1.84 bits per heavy atom. The SMILES string of the molecule is C=C(/C=C\C(=C/C)C(N)=O)N1CCN(C(=O)CCc2nc3ccccc3c(=O)[nH]2)CC1. The average molecular weight is 422 g/mol. The summed E-state index contributed by atoms with van der Waals surface area (Å²) in [6.45, 7) is 8.26. The molecule has 1 aliphatic heterocycles. The number of benzene rings is 1. The molecule has 2 amide bonds. The van der Waals surface area contributed by atoms with Crippen LogP contribution in [0.5, 0.6) is 0 Å². The van der Waals surface area contributed by atoms with Gasteiger partial charge >= 0.3 is 0 Å². The first-order chi connectivity index (χ1) is 14.9. The number of nitrogens with two attached hydrogens (primary N) is 1. The van der Waals surface area contributed by atoms with Crippen molar-refractivity contribution in [2.45, 2.75) is 19.8 Å². The molecule has 0 spiro atoms. The topological polar surface area (TPSA) is 112 Å². The van der Waals surface area contributed by atoms with Crippen LogP contribution in [0.2, 0.25) is 0 Å². The Bertz CT molecular complexity index is 1110. The zero-order chi connectivity index (χ0) is 22.4. The van der Waals surface area contributed by atoms with Crippen LogP contribution in [0.1, 0.15) is 19.2 Å². The quantitative estimate of drug-likeness (QED) is 0.520. The molecule has 0 atom stereocenters. The van der Waals surface area contributed by atoms with Crippen LogP contribution in [-0.2, 0) is 16.0 Å². The lowest BCUT2D eigenvalue weighted by Crippen LogP contribution is -2.48. The van der Waals surface area contributed by atoms with Crippen molar-refractivity contribution in [3.05, 3.63) is 76.5 Å². The van der Waals surface area contributed by atoms with Crippen molar-refractivity contribution < 1.29 is 9.59 Å². The number of amides is 2. The Kier molecular flexibility index (Phi) is 7.02. The molecule has 8 heteroatoms. The Morgan fingerprint density at radius 3 is 2.52 bits per heavy atom. The summed E-state index contributed by atoms with van der Waals surface area (Å²) in [7, 11) is 0. The fraction of sp³-hybridized carbons (Fsp3) is 0.304. The molecule has 2 aromatic rings. The van der Waals surface area contributed by atoms with Crippen LogP contribution in [-0.4, -0.2) is 57.8 Å². The summed E-state index contributed by atoms with van der Waals surface area (Å²) < 4.78 is 0. The van der Waals surface area contributed by atoms with Crippen molar-refractivity contribution in [2.24, 2.45) is 5.73 Å². The molecule has 162 valence electrons. The first-order valence-corrected chi connectivity index (χ1v) is 10.2. The minimum absolute atomic E-state index is 0.0292. The van der Waals surface area contributed by atoms with Gasteiger partial charge in [0.2, 0.25) is 11.8 Å². The number of fused-ring (bicyclic) bond motifs is 1. The number of aromatic nitrogens is 2. The van der Waals surface area contributed by atoms with Gasteiger partial charge in [0.25, 0.3) is 5.56 Å². The van der Waals surface area contributed by atoms with Crippen molar-refractivity contribution in [1.29, 1.82) is 0 Å². The van der Waals surface area contributed by atoms with E-state index >= 15 is 0 Å². The van der Waals surface area contributed by atoms with Crippen molar-refractivity contribution >= 4 is 22.7 Å². The third-order valence-corrected chi connectivity index (χ3v) is 5.33. The number of allylic oxidation sites excluding steroid dienone is 2. The van der Waals surface area contributed by atoms with Gasteiger partial charge in [-0.15, -0.1) is 0 Å². The summed E-state index contributed by atoms with van der Waals surface area (Å²) in [5.74, 6) is 0.0641. The van der Waals surface area contributed by atoms with Crippen LogP contribution in [0, 0.1) is 0 Å². The van der Waals surface area contributed by atoms with E-state index in [4.69, 9.17) is 5.73 Å². The maximum Gasteiger partial charge on any atom is 0.258 e. The standard InChI is InChI=1S/C23H27N5O3/c1-3-17(22(24)30)9-8-16(2)27-12-14-28(15-13-27)21(29)11-10-20-25-19-7-5-4-6-18(19)23(31)26-20/h3-9H,2,10-15H2,1H3,(H2,24,30)(H,25,26,31)/b9-8-,17-3+. The molecule has 2 heterocycles. The Balaban J connectivity index is 1.51. The van der Waals surface area contributed by atoms with E-state index < -0.39 is 5.91 Å². The maximum atomic E-state index is 12.6. The molecule has 1 saturated heterocycles. The lowest BCUT2D eigenvalue weighted by molar-refractivity contribution is -0.132. The third-order valence-electron chi connectivity index (χ3n) is 5.33. The second-order valence-corrected chi connectivity index (χ2v) is 7.33. The van der Waals surface area contributed by atoms with Gasteiger partial charge in [-0.25, -0.2) is 4.98 Å². The van der Waals surface area contributed by atoms with Crippen molar-refractivity contribution in [3.63, 3.8) is 0 Å². The lowest BCUT2D eigenvalue weighted by atomic mass is 10.2. The van der Waals surface area contributed by atoms with E-state index in [-0.39, 0.29) is 17.9 Å². The monoisotopic (exact) mass is 421 g/mol. The number of carbonyl (C=O) groups is 2. The molecule has 0 aliphatic carbocycles. The third kappa shape index (κ3) is 5.48. The molecular formula is C23H27N5O3. The van der Waals surface area contributed by atoms with Crippen LogP contribution >= 0.6 is 0 Å². The minimum atomic E-state index is -0.482. The molecule has 1 fully saturated rings. The number of piperazine rings is 1. The number of aromatic amines is 1. The van der Waals surface area contributed by atoms with Gasteiger partial charge in [0.15, 0.2) is 0 Å². The van der Waals surface area contributed by atoms with Crippen molar-refractivity contribution in [1.82, 2.24) is 19.8 Å². The number of hydrogen-bond acceptors (Lipinski definition) is 5. The summed E-state index contributed by atoms with van der Waals surface area (Å²) in [5, 5.41) is 0.542. The Hall–Kier alpha value is -3.68. The van der Waals surface area contributed by atoms with Gasteiger partial charge in [0.1, 0.15) is 5.82 Å². The van der Waals surface area contributed by atoms with Gasteiger partial charge in [-0.05, 0) is 31.2 Å². The molecule has 1 aliphatic rings. The average Bonchev–Trinajstić information content (AvgIpc) is 2.77. The summed E-state index contributed by atoms with van der Waals surface area (Å²) in [5.41, 5.74) is 6.94. The number of nitrogens with zero attached hydrogens (tertiary/aromatic N) is 3. The number of aryl methyl sites for hydroxylation is 1. The molecule has 31 heavy (non-hydrogen) atoms. The van der Waals surface area contributed by atoms with E-state index in [9.17, 15) is 14.4 Å². The first-order valence-electron chi connectivity index (χ1n) is 10.2. The van der Waals surface area contributed by atoms with E-state index in [1.54, 1.807) is 43.4 Å². The van der Waals surface area contributed by atoms with Crippen molar-refractivity contribution in [2.75, 3.05) is 26.2 Å². The smallest absolute Gasteiger partial charge is 0.258 e. The molecule has 0 unspecified atom stereocenters. The number of carbonyl (C=O) groups excluding carboxylic acids is 2. The number of primary amides is 1. The summed E-state index contributed by atoms with van der Waals surface area (Å²) in [6.07, 6.45) is 5.73. The molecule has 8 nitrogen and oxygen atoms in total. The molecule has 1 aromatic heterocycles. The minimum Gasteiger partial charge on any atom is -0.368 e. The fourth-order valence-electron chi connectivity index (χ4n) is 3.49. The van der Waals surface area contributed by atoms with Gasteiger partial charge in [0.05, 0.1) is 10.9 Å². The highest BCUT2D eigenvalue weighted by Crippen LogP contribution is 2.12. The van der Waals surface area contributed by atoms with Gasteiger partial charge in [-0.3, -0.25) is 14.4 Å². The number of rotatable bonds is 7. The number of H-pyrrole nitrogens is 1. The van der Waals surface area contributed by atoms with Crippen LogP contribution in [0.4, 0.5) is 0 Å². The number of nitrogens with one attached hydrogen (secondary N) is 1. The second-order valence-electron chi connectivity index (χ2n) is 7.33. The maximum absolute atomic E-state index is 12.6. The number of para-hydroxylation sites is 1. The van der Waals surface area contributed by atoms with Gasteiger partial charge < -0.3 is 20.5 Å². The van der Waals surface area contributed by atoms with Gasteiger partial charge in [-0.1, -0.05) is 24.8 Å². The van der Waals surface area contributed by atoms with Crippen LogP contribution in [0.3, 0.4) is 0 Å². The molecule has 0 radical (unpaired) electrons. The highest BCUT2D eigenvalue weighted by molar-refractivity contribution is 5.94. The summed E-state index contributed by atoms with van der Waals surface area (Å²) in [4.78, 5) is 47.1. The van der Waals surface area contributed by atoms with E-state index in [1.807, 2.05) is 11.0 Å². The summed E-state index contributed by atoms with van der Waals surface area (Å²) >= 11 is 0. The molecule has 3 N–H and O–H groups in total. The van der Waals surface area contributed by atoms with Crippen LogP contribution in [0.15, 0.2) is 65.1 Å². The predicted octanol–water partition coefficient (Wildman–Crippen LogP) is 1.50. The molecule has 3 rings (SSSR count). The van der Waals surface area contributed by atoms with Gasteiger partial charge in [-0.2, -0.15) is 0 Å². The van der Waals surface area contributed by atoms with Crippen molar-refractivity contribution in [3.8, 4) is 0 Å². The fourth-order valence-corrected chi connectivity index (χ4v) is 3.49. The normalized spacial score (nSPS) is 14.9. The van der Waals surface area contributed by atoms with Crippen LogP contribution < -0.4 is 11.3 Å². The van der Waals surface area contributed by atoms with E-state index in [2.05, 4.69) is 21.4 Å². The Labute approximate surface area is 180 Å². The molecule has 0 saturated carbocycles. The summed E-state index contributed by atoms with van der Waals surface area (Å²) in [6, 6.07) is 7.15. The lowest BCUT2D eigenvalue weighted by Gasteiger charge is -2.36.